The molecule has 2 aliphatic rings. The van der Waals surface area contributed by atoms with Crippen LogP contribution < -0.4 is 11.1 Å². The summed E-state index contributed by atoms with van der Waals surface area (Å²) < 4.78 is 0. The lowest BCUT2D eigenvalue weighted by atomic mass is 9.70. The third-order valence-corrected chi connectivity index (χ3v) is 9.51. The minimum Gasteiger partial charge on any atom is -0.352 e. The van der Waals surface area contributed by atoms with Crippen molar-refractivity contribution in [3.8, 4) is 0 Å². The fraction of sp³-hybridized carbons (Fsp3) is 0.500. The second-order valence-corrected chi connectivity index (χ2v) is 12.7. The van der Waals surface area contributed by atoms with E-state index >= 15 is 0 Å². The van der Waals surface area contributed by atoms with Crippen LogP contribution in [0.4, 0.5) is 0 Å². The Balaban J connectivity index is 0.00000370. The van der Waals surface area contributed by atoms with Gasteiger partial charge in [0.05, 0.1) is 17.4 Å². The van der Waals surface area contributed by atoms with Crippen LogP contribution >= 0.6 is 35.3 Å². The molecule has 0 saturated heterocycles. The highest BCUT2D eigenvalue weighted by Crippen LogP contribution is 2.36. The first-order valence-electron chi connectivity index (χ1n) is 13.3. The van der Waals surface area contributed by atoms with E-state index in [2.05, 4.69) is 20.2 Å². The van der Waals surface area contributed by atoms with Crippen LogP contribution in [0.2, 0.25) is 5.02 Å². The Labute approximate surface area is 249 Å². The van der Waals surface area contributed by atoms with Crippen molar-refractivity contribution in [2.24, 2.45) is 11.7 Å². The maximum absolute atomic E-state index is 14.0. The third-order valence-electron chi connectivity index (χ3n) is 8.19. The normalized spacial score (nSPS) is 23.0. The van der Waals surface area contributed by atoms with Gasteiger partial charge in [0.15, 0.2) is 5.01 Å². The molecule has 1 aliphatic heterocycles. The van der Waals surface area contributed by atoms with Gasteiger partial charge in [-0.1, -0.05) is 11.6 Å². The quantitative estimate of drug-likeness (QED) is 0.364. The Bertz CT molecular complexity index is 1440. The molecule has 9 nitrogen and oxygen atoms in total. The lowest BCUT2D eigenvalue weighted by Crippen LogP contribution is -2.66. The number of thiazole rings is 1. The van der Waals surface area contributed by atoms with E-state index in [1.165, 1.54) is 11.3 Å². The molecular formula is C28H36Cl2N6O3S. The van der Waals surface area contributed by atoms with E-state index in [0.29, 0.717) is 22.1 Å². The molecule has 3 unspecified atom stereocenters. The largest absolute Gasteiger partial charge is 0.352 e. The molecule has 1 fully saturated rings. The summed E-state index contributed by atoms with van der Waals surface area (Å²) in [4.78, 5) is 53.5. The van der Waals surface area contributed by atoms with Crippen LogP contribution in [-0.2, 0) is 17.8 Å². The molecule has 3 heterocycles. The third kappa shape index (κ3) is 5.78. The second-order valence-electron chi connectivity index (χ2n) is 11.2. The van der Waals surface area contributed by atoms with E-state index < -0.39 is 11.6 Å². The molecule has 1 saturated carbocycles. The van der Waals surface area contributed by atoms with Gasteiger partial charge in [-0.15, -0.1) is 23.7 Å². The van der Waals surface area contributed by atoms with Crippen LogP contribution in [0.1, 0.15) is 64.0 Å². The first kappa shape index (κ1) is 30.5. The van der Waals surface area contributed by atoms with E-state index in [1.807, 2.05) is 27.0 Å². The van der Waals surface area contributed by atoms with Crippen LogP contribution in [0.25, 0.3) is 10.9 Å². The molecule has 12 heteroatoms. The number of halogens is 2. The molecule has 2 aromatic heterocycles. The van der Waals surface area contributed by atoms with Crippen molar-refractivity contribution < 1.29 is 14.4 Å². The minimum atomic E-state index is -1.40. The SMILES string of the molecule is CC(C)N(C)C(=O)C1CCC(N)(C(=O)c2cc3cc(Cl)ccc3[nH]2)C(NC(=O)c2nc3c(s2)CN(C)CC3)C1.Cl. The summed E-state index contributed by atoms with van der Waals surface area (Å²) in [7, 11) is 3.82. The average molecular weight is 608 g/mol. The number of ketones is 1. The van der Waals surface area contributed by atoms with E-state index in [1.54, 1.807) is 30.1 Å². The number of benzene rings is 1. The van der Waals surface area contributed by atoms with Crippen LogP contribution in [-0.4, -0.2) is 75.6 Å². The van der Waals surface area contributed by atoms with Crippen molar-refractivity contribution in [3.63, 3.8) is 0 Å². The zero-order valence-electron chi connectivity index (χ0n) is 23.1. The number of Topliss-reactive ketones (excluding diaryl/α,β-unsaturated/α-hetero) is 1. The molecule has 3 atom stereocenters. The molecule has 216 valence electrons. The standard InChI is InChI=1S/C28H35ClN6O3S.ClH/c1-15(2)35(4)27(38)16-7-9-28(30,24(36)21-12-17-11-18(29)5-6-19(17)31-21)23(13-16)33-25(37)26-32-20-8-10-34(3)14-22(20)39-26;/h5-6,11-12,15-16,23,31H,7-10,13-14,30H2,1-4H3,(H,33,37);1H. The monoisotopic (exact) mass is 606 g/mol. The molecule has 1 aromatic carbocycles. The summed E-state index contributed by atoms with van der Waals surface area (Å²) in [5, 5.41) is 4.77. The first-order chi connectivity index (χ1) is 18.5. The van der Waals surface area contributed by atoms with Crippen LogP contribution in [0, 0.1) is 5.92 Å². The van der Waals surface area contributed by atoms with Crippen LogP contribution in [0.15, 0.2) is 24.3 Å². The second kappa shape index (κ2) is 11.8. The Morgan fingerprint density at radius 1 is 1.30 bits per heavy atom. The Morgan fingerprint density at radius 3 is 2.77 bits per heavy atom. The lowest BCUT2D eigenvalue weighted by Gasteiger charge is -2.43. The number of likely N-dealkylation sites (N-methyl/N-ethyl adjacent to an activating group) is 1. The van der Waals surface area contributed by atoms with Gasteiger partial charge in [0.25, 0.3) is 5.91 Å². The number of aromatic amines is 1. The number of carbonyl (C=O) groups is 3. The molecule has 2 amide bonds. The zero-order valence-corrected chi connectivity index (χ0v) is 25.5. The van der Waals surface area contributed by atoms with Crippen molar-refractivity contribution in [2.75, 3.05) is 20.6 Å². The Hall–Kier alpha value is -2.50. The molecule has 5 rings (SSSR count). The molecule has 1 aliphatic carbocycles. The number of carbonyl (C=O) groups excluding carboxylic acids is 3. The topological polar surface area (TPSA) is 124 Å². The van der Waals surface area contributed by atoms with Gasteiger partial charge in [0.2, 0.25) is 11.7 Å². The van der Waals surface area contributed by atoms with Crippen molar-refractivity contribution in [1.82, 2.24) is 25.1 Å². The molecule has 0 radical (unpaired) electrons. The summed E-state index contributed by atoms with van der Waals surface area (Å²) in [6.45, 7) is 5.57. The highest BCUT2D eigenvalue weighted by molar-refractivity contribution is 7.13. The fourth-order valence-electron chi connectivity index (χ4n) is 5.54. The van der Waals surface area contributed by atoms with E-state index in [9.17, 15) is 14.4 Å². The van der Waals surface area contributed by atoms with Crippen LogP contribution in [0.3, 0.4) is 0 Å². The van der Waals surface area contributed by atoms with Crippen molar-refractivity contribution in [3.05, 3.63) is 50.6 Å². The van der Waals surface area contributed by atoms with Gasteiger partial charge in [-0.05, 0) is 64.4 Å². The molecular weight excluding hydrogens is 571 g/mol. The van der Waals surface area contributed by atoms with Crippen LogP contribution in [0.5, 0.6) is 0 Å². The predicted molar refractivity (Wildman–Crippen MR) is 160 cm³/mol. The van der Waals surface area contributed by atoms with Gasteiger partial charge in [0.1, 0.15) is 5.54 Å². The number of hydrogen-bond acceptors (Lipinski definition) is 7. The van der Waals surface area contributed by atoms with Crippen molar-refractivity contribution >= 4 is 63.8 Å². The van der Waals surface area contributed by atoms with Gasteiger partial charge >= 0.3 is 0 Å². The summed E-state index contributed by atoms with van der Waals surface area (Å²) in [6, 6.07) is 6.38. The minimum absolute atomic E-state index is 0. The number of rotatable bonds is 6. The van der Waals surface area contributed by atoms with Gasteiger partial charge in [-0.2, -0.15) is 0 Å². The van der Waals surface area contributed by atoms with E-state index in [4.69, 9.17) is 17.3 Å². The number of aromatic nitrogens is 2. The molecule has 3 aromatic rings. The number of hydrogen-bond donors (Lipinski definition) is 3. The number of fused-ring (bicyclic) bond motifs is 2. The molecule has 0 spiro atoms. The Morgan fingerprint density at radius 2 is 2.05 bits per heavy atom. The van der Waals surface area contributed by atoms with E-state index in [-0.39, 0.29) is 54.8 Å². The van der Waals surface area contributed by atoms with Crippen molar-refractivity contribution in [2.45, 2.75) is 63.7 Å². The summed E-state index contributed by atoms with van der Waals surface area (Å²) in [5.41, 5.74) is 7.59. The average Bonchev–Trinajstić information content (AvgIpc) is 3.52. The highest BCUT2D eigenvalue weighted by Gasteiger charge is 2.49. The molecule has 0 bridgehead atoms. The van der Waals surface area contributed by atoms with Gasteiger partial charge in [0, 0.05) is 59.3 Å². The zero-order chi connectivity index (χ0) is 28.1. The number of nitrogens with zero attached hydrogens (tertiary/aromatic N) is 3. The lowest BCUT2D eigenvalue weighted by molar-refractivity contribution is -0.137. The van der Waals surface area contributed by atoms with Gasteiger partial charge in [-0.3, -0.25) is 14.4 Å². The highest BCUT2D eigenvalue weighted by atomic mass is 35.5. The number of H-pyrrole nitrogens is 1. The number of nitrogens with two attached hydrogens (primary N) is 1. The molecule has 4 N–H and O–H groups in total. The van der Waals surface area contributed by atoms with Crippen molar-refractivity contribution in [1.29, 1.82) is 0 Å². The number of amides is 2. The maximum atomic E-state index is 14.0. The predicted octanol–water partition coefficient (Wildman–Crippen LogP) is 4.03. The van der Waals surface area contributed by atoms with Gasteiger partial charge < -0.3 is 25.8 Å². The summed E-state index contributed by atoms with van der Waals surface area (Å²) >= 11 is 7.52. The molecule has 40 heavy (non-hydrogen) atoms. The Kier molecular flexibility index (Phi) is 8.97. The summed E-state index contributed by atoms with van der Waals surface area (Å²) in [5.74, 6) is -1.03. The summed E-state index contributed by atoms with van der Waals surface area (Å²) in [6.07, 6.45) is 1.77. The first-order valence-corrected chi connectivity index (χ1v) is 14.5. The smallest absolute Gasteiger partial charge is 0.280 e. The number of nitrogens with one attached hydrogen (secondary N) is 2. The fourth-order valence-corrected chi connectivity index (χ4v) is 6.81. The van der Waals surface area contributed by atoms with Gasteiger partial charge in [-0.25, -0.2) is 4.98 Å². The maximum Gasteiger partial charge on any atom is 0.280 e. The van der Waals surface area contributed by atoms with E-state index in [0.717, 1.165) is 41.0 Å².